The first kappa shape index (κ1) is 17.5. The Balaban J connectivity index is 1.80. The first-order valence-corrected chi connectivity index (χ1v) is 8.58. The Bertz CT molecular complexity index is 1170. The number of ether oxygens (including phenoxy) is 1. The Kier molecular flexibility index (Phi) is 4.59. The summed E-state index contributed by atoms with van der Waals surface area (Å²) < 4.78 is 6.72. The minimum absolute atomic E-state index is 0.132. The van der Waals surface area contributed by atoms with Crippen molar-refractivity contribution in [2.75, 3.05) is 17.7 Å². The summed E-state index contributed by atoms with van der Waals surface area (Å²) in [5.74, 6) is 2.32. The molecule has 0 amide bonds. The molecule has 0 bridgehead atoms. The van der Waals surface area contributed by atoms with Crippen LogP contribution in [0.15, 0.2) is 66.0 Å². The maximum atomic E-state index is 12.7. The van der Waals surface area contributed by atoms with E-state index >= 15 is 0 Å². The monoisotopic (exact) mass is 374 g/mol. The Hall–Kier alpha value is -3.94. The molecule has 8 heteroatoms. The zero-order valence-electron chi connectivity index (χ0n) is 15.4. The van der Waals surface area contributed by atoms with Crippen LogP contribution in [-0.4, -0.2) is 26.6 Å². The van der Waals surface area contributed by atoms with Crippen molar-refractivity contribution in [3.05, 3.63) is 71.5 Å². The minimum atomic E-state index is -0.132. The maximum absolute atomic E-state index is 12.7. The third kappa shape index (κ3) is 3.48. The Labute approximate surface area is 160 Å². The fourth-order valence-electron chi connectivity index (χ4n) is 2.82. The highest BCUT2D eigenvalue weighted by atomic mass is 16.5. The minimum Gasteiger partial charge on any atom is -0.497 e. The van der Waals surface area contributed by atoms with Gasteiger partial charge in [-0.3, -0.25) is 9.78 Å². The molecule has 28 heavy (non-hydrogen) atoms. The van der Waals surface area contributed by atoms with E-state index in [1.165, 1.54) is 4.57 Å². The van der Waals surface area contributed by atoms with E-state index in [2.05, 4.69) is 25.6 Å². The van der Waals surface area contributed by atoms with E-state index < -0.39 is 0 Å². The van der Waals surface area contributed by atoms with Crippen molar-refractivity contribution in [2.24, 2.45) is 7.05 Å². The van der Waals surface area contributed by atoms with Gasteiger partial charge in [-0.1, -0.05) is 0 Å². The first-order chi connectivity index (χ1) is 13.6. The molecule has 140 valence electrons. The highest BCUT2D eigenvalue weighted by molar-refractivity contribution is 5.94. The Morgan fingerprint density at radius 2 is 1.86 bits per heavy atom. The molecule has 0 radical (unpaired) electrons. The summed E-state index contributed by atoms with van der Waals surface area (Å²) in [4.78, 5) is 25.6. The predicted molar refractivity (Wildman–Crippen MR) is 109 cm³/mol. The van der Waals surface area contributed by atoms with E-state index in [4.69, 9.17) is 4.74 Å². The topological polar surface area (TPSA) is 94.0 Å². The molecule has 0 spiro atoms. The largest absolute Gasteiger partial charge is 0.497 e. The molecule has 0 unspecified atom stereocenters. The molecule has 3 heterocycles. The van der Waals surface area contributed by atoms with E-state index in [0.717, 1.165) is 16.8 Å². The summed E-state index contributed by atoms with van der Waals surface area (Å²) >= 11 is 0. The van der Waals surface area contributed by atoms with Gasteiger partial charge in [0.2, 0.25) is 0 Å². The summed E-state index contributed by atoms with van der Waals surface area (Å²) in [5, 5.41) is 7.63. The molecule has 0 saturated heterocycles. The predicted octanol–water partition coefficient (Wildman–Crippen LogP) is 3.22. The van der Waals surface area contributed by atoms with Crippen LogP contribution in [0.1, 0.15) is 0 Å². The zero-order valence-corrected chi connectivity index (χ0v) is 15.4. The van der Waals surface area contributed by atoms with Crippen molar-refractivity contribution in [1.82, 2.24) is 19.5 Å². The number of nitrogens with zero attached hydrogens (tertiary/aromatic N) is 4. The van der Waals surface area contributed by atoms with Crippen molar-refractivity contribution in [1.29, 1.82) is 0 Å². The van der Waals surface area contributed by atoms with Gasteiger partial charge in [0, 0.05) is 31.3 Å². The third-order valence-electron chi connectivity index (χ3n) is 4.23. The number of nitrogens with one attached hydrogen (secondary N) is 2. The molecule has 0 aliphatic carbocycles. The quantitative estimate of drug-likeness (QED) is 0.554. The lowest BCUT2D eigenvalue weighted by Crippen LogP contribution is -2.17. The molecular formula is C20H18N6O2. The number of pyridine rings is 2. The SMILES string of the molecule is COc1ccc(Nc2nc(Nc3cnccn3)cc3ccn(C)c(=O)c23)cc1. The van der Waals surface area contributed by atoms with E-state index in [-0.39, 0.29) is 5.56 Å². The van der Waals surface area contributed by atoms with Gasteiger partial charge in [0.05, 0.1) is 18.7 Å². The highest BCUT2D eigenvalue weighted by Crippen LogP contribution is 2.27. The van der Waals surface area contributed by atoms with Crippen molar-refractivity contribution in [2.45, 2.75) is 0 Å². The maximum Gasteiger partial charge on any atom is 0.261 e. The molecule has 0 atom stereocenters. The molecular weight excluding hydrogens is 356 g/mol. The summed E-state index contributed by atoms with van der Waals surface area (Å²) in [7, 11) is 3.33. The van der Waals surface area contributed by atoms with Crippen molar-refractivity contribution in [3.8, 4) is 5.75 Å². The van der Waals surface area contributed by atoms with E-state index in [1.54, 1.807) is 38.9 Å². The third-order valence-corrected chi connectivity index (χ3v) is 4.23. The van der Waals surface area contributed by atoms with E-state index in [1.807, 2.05) is 36.4 Å². The van der Waals surface area contributed by atoms with Gasteiger partial charge in [-0.15, -0.1) is 0 Å². The van der Waals surface area contributed by atoms with Gasteiger partial charge in [-0.25, -0.2) is 9.97 Å². The number of aryl methyl sites for hydroxylation is 1. The molecule has 3 aromatic heterocycles. The normalized spacial score (nSPS) is 10.6. The number of hydrogen-bond acceptors (Lipinski definition) is 7. The summed E-state index contributed by atoms with van der Waals surface area (Å²) in [6.07, 6.45) is 6.52. The number of fused-ring (bicyclic) bond motifs is 1. The van der Waals surface area contributed by atoms with Crippen LogP contribution in [-0.2, 0) is 7.05 Å². The van der Waals surface area contributed by atoms with Crippen molar-refractivity contribution in [3.63, 3.8) is 0 Å². The second-order valence-corrected chi connectivity index (χ2v) is 6.12. The molecule has 8 nitrogen and oxygen atoms in total. The first-order valence-electron chi connectivity index (χ1n) is 8.58. The smallest absolute Gasteiger partial charge is 0.261 e. The Morgan fingerprint density at radius 1 is 1.04 bits per heavy atom. The number of methoxy groups -OCH3 is 1. The van der Waals surface area contributed by atoms with Crippen LogP contribution in [0.4, 0.5) is 23.1 Å². The average molecular weight is 374 g/mol. The van der Waals surface area contributed by atoms with Crippen LogP contribution in [0.25, 0.3) is 10.8 Å². The number of aromatic nitrogens is 4. The molecule has 2 N–H and O–H groups in total. The number of hydrogen-bond donors (Lipinski definition) is 2. The lowest BCUT2D eigenvalue weighted by Gasteiger charge is -2.13. The number of anilines is 4. The van der Waals surface area contributed by atoms with Gasteiger partial charge in [0.25, 0.3) is 5.56 Å². The van der Waals surface area contributed by atoms with Crippen LogP contribution in [0.3, 0.4) is 0 Å². The Morgan fingerprint density at radius 3 is 2.57 bits per heavy atom. The zero-order chi connectivity index (χ0) is 19.5. The van der Waals surface area contributed by atoms with Gasteiger partial charge in [-0.2, -0.15) is 0 Å². The highest BCUT2D eigenvalue weighted by Gasteiger charge is 2.12. The van der Waals surface area contributed by atoms with E-state index in [9.17, 15) is 4.79 Å². The molecule has 0 aliphatic heterocycles. The van der Waals surface area contributed by atoms with Gasteiger partial charge in [0.1, 0.15) is 23.2 Å². The molecule has 0 saturated carbocycles. The van der Waals surface area contributed by atoms with Crippen molar-refractivity contribution >= 4 is 33.9 Å². The molecule has 4 rings (SSSR count). The second kappa shape index (κ2) is 7.36. The lowest BCUT2D eigenvalue weighted by atomic mass is 10.2. The second-order valence-electron chi connectivity index (χ2n) is 6.12. The summed E-state index contributed by atoms with van der Waals surface area (Å²) in [6, 6.07) is 11.1. The average Bonchev–Trinajstić information content (AvgIpc) is 2.72. The summed E-state index contributed by atoms with van der Waals surface area (Å²) in [5.41, 5.74) is 0.657. The van der Waals surface area contributed by atoms with Crippen LogP contribution < -0.4 is 20.9 Å². The number of rotatable bonds is 5. The summed E-state index contributed by atoms with van der Waals surface area (Å²) in [6.45, 7) is 0. The standard InChI is InChI=1S/C20H18N6O2/c1-26-10-7-13-11-16(24-17-12-21-8-9-22-17)25-19(18(13)20(26)27)23-14-3-5-15(28-2)6-4-14/h3-12H,1-2H3,(H2,22,23,24,25). The van der Waals surface area contributed by atoms with Gasteiger partial charge in [0.15, 0.2) is 0 Å². The van der Waals surface area contributed by atoms with Gasteiger partial charge in [-0.05, 0) is 41.8 Å². The van der Waals surface area contributed by atoms with Gasteiger partial charge < -0.3 is 19.9 Å². The fourth-order valence-corrected chi connectivity index (χ4v) is 2.82. The fraction of sp³-hybridized carbons (Fsp3) is 0.100. The van der Waals surface area contributed by atoms with Crippen LogP contribution in [0.5, 0.6) is 5.75 Å². The number of benzene rings is 1. The van der Waals surface area contributed by atoms with Crippen LogP contribution >= 0.6 is 0 Å². The molecule has 4 aromatic rings. The van der Waals surface area contributed by atoms with E-state index in [0.29, 0.717) is 22.8 Å². The molecule has 0 aliphatic rings. The lowest BCUT2D eigenvalue weighted by molar-refractivity contribution is 0.415. The van der Waals surface area contributed by atoms with Crippen LogP contribution in [0, 0.1) is 0 Å². The van der Waals surface area contributed by atoms with Gasteiger partial charge >= 0.3 is 0 Å². The van der Waals surface area contributed by atoms with Crippen molar-refractivity contribution < 1.29 is 4.74 Å². The molecule has 0 fully saturated rings. The molecule has 1 aromatic carbocycles. The van der Waals surface area contributed by atoms with Crippen LogP contribution in [0.2, 0.25) is 0 Å².